The fraction of sp³-hybridized carbons (Fsp3) is 0.500. The first-order valence-corrected chi connectivity index (χ1v) is 3.28. The van der Waals surface area contributed by atoms with Gasteiger partial charge >= 0.3 is 0 Å². The van der Waals surface area contributed by atoms with Crippen LogP contribution in [-0.4, -0.2) is 11.4 Å². The minimum absolute atomic E-state index is 0.0556. The average Bonchev–Trinajstić information content (AvgIpc) is 1.82. The van der Waals surface area contributed by atoms with Crippen LogP contribution in [0, 0.1) is 11.3 Å². The van der Waals surface area contributed by atoms with Gasteiger partial charge in [-0.2, -0.15) is 5.26 Å². The first-order chi connectivity index (χ1) is 4.87. The van der Waals surface area contributed by atoms with Gasteiger partial charge in [0, 0.05) is 5.54 Å². The third-order valence-electron chi connectivity index (χ3n) is 0.898. The van der Waals surface area contributed by atoms with E-state index < -0.39 is 5.91 Å². The number of nitriles is 1. The number of nitrogens with zero attached hydrogens (tertiary/aromatic N) is 1. The highest BCUT2D eigenvalue weighted by Crippen LogP contribution is 2.00. The number of hydrogen-bond donors (Lipinski definition) is 1. The maximum atomic E-state index is 11.0. The summed E-state index contributed by atoms with van der Waals surface area (Å²) in [4.78, 5) is 11.0. The molecule has 0 rings (SSSR count). The summed E-state index contributed by atoms with van der Waals surface area (Å²) in [5.74, 6) is -0.403. The van der Waals surface area contributed by atoms with E-state index in [1.54, 1.807) is 6.07 Å². The summed E-state index contributed by atoms with van der Waals surface area (Å²) < 4.78 is 0. The molecular formula is C8H12N2O. The van der Waals surface area contributed by atoms with Crippen molar-refractivity contribution in [2.45, 2.75) is 26.3 Å². The van der Waals surface area contributed by atoms with Crippen molar-refractivity contribution in [1.82, 2.24) is 5.32 Å². The van der Waals surface area contributed by atoms with Crippen LogP contribution in [0.2, 0.25) is 0 Å². The van der Waals surface area contributed by atoms with E-state index in [0.29, 0.717) is 0 Å². The minimum Gasteiger partial charge on any atom is -0.347 e. The van der Waals surface area contributed by atoms with Crippen molar-refractivity contribution in [3.8, 4) is 6.07 Å². The van der Waals surface area contributed by atoms with Gasteiger partial charge in [-0.15, -0.1) is 0 Å². The largest absolute Gasteiger partial charge is 0.347 e. The summed E-state index contributed by atoms with van der Waals surface area (Å²) in [5, 5.41) is 10.9. The number of carbonyl (C=O) groups is 1. The third kappa shape index (κ3) is 4.15. The van der Waals surface area contributed by atoms with Crippen LogP contribution in [-0.2, 0) is 4.79 Å². The molecule has 3 heteroatoms. The SMILES string of the molecule is C=C(C#N)C(=O)NC(C)(C)C. The molecule has 3 nitrogen and oxygen atoms in total. The van der Waals surface area contributed by atoms with E-state index in [-0.39, 0.29) is 11.1 Å². The predicted molar refractivity (Wildman–Crippen MR) is 42.6 cm³/mol. The first-order valence-electron chi connectivity index (χ1n) is 3.28. The smallest absolute Gasteiger partial charge is 0.261 e. The van der Waals surface area contributed by atoms with Gasteiger partial charge in [-0.25, -0.2) is 0 Å². The normalized spacial score (nSPS) is 10.0. The summed E-state index contributed by atoms with van der Waals surface area (Å²) in [6.07, 6.45) is 0. The Morgan fingerprint density at radius 3 is 2.27 bits per heavy atom. The van der Waals surface area contributed by atoms with E-state index >= 15 is 0 Å². The Balaban J connectivity index is 4.13. The van der Waals surface area contributed by atoms with Crippen LogP contribution in [0.4, 0.5) is 0 Å². The zero-order valence-electron chi connectivity index (χ0n) is 7.06. The topological polar surface area (TPSA) is 52.9 Å². The van der Waals surface area contributed by atoms with Crippen LogP contribution < -0.4 is 5.32 Å². The highest BCUT2D eigenvalue weighted by Gasteiger charge is 2.15. The highest BCUT2D eigenvalue weighted by atomic mass is 16.1. The third-order valence-corrected chi connectivity index (χ3v) is 0.898. The summed E-state index contributed by atoms with van der Waals surface area (Å²) >= 11 is 0. The Morgan fingerprint density at radius 2 is 2.00 bits per heavy atom. The lowest BCUT2D eigenvalue weighted by Crippen LogP contribution is -2.40. The standard InChI is InChI=1S/C8H12N2O/c1-6(5-9)7(11)10-8(2,3)4/h1H2,2-4H3,(H,10,11). The Bertz CT molecular complexity index is 217. The van der Waals surface area contributed by atoms with Crippen molar-refractivity contribution in [3.05, 3.63) is 12.2 Å². The molecule has 0 radical (unpaired) electrons. The van der Waals surface area contributed by atoms with Crippen molar-refractivity contribution in [2.75, 3.05) is 0 Å². The van der Waals surface area contributed by atoms with E-state index in [4.69, 9.17) is 5.26 Å². The number of nitrogens with one attached hydrogen (secondary N) is 1. The second-order valence-corrected chi connectivity index (χ2v) is 3.29. The predicted octanol–water partition coefficient (Wildman–Crippen LogP) is 0.981. The molecule has 60 valence electrons. The molecule has 0 bridgehead atoms. The number of hydrogen-bond acceptors (Lipinski definition) is 2. The molecule has 1 amide bonds. The maximum Gasteiger partial charge on any atom is 0.261 e. The Hall–Kier alpha value is -1.30. The molecule has 0 atom stereocenters. The van der Waals surface area contributed by atoms with Crippen LogP contribution in [0.25, 0.3) is 0 Å². The summed E-state index contributed by atoms with van der Waals surface area (Å²) in [7, 11) is 0. The molecule has 0 unspecified atom stereocenters. The lowest BCUT2D eigenvalue weighted by atomic mass is 10.1. The number of amides is 1. The van der Waals surface area contributed by atoms with Gasteiger partial charge in [0.15, 0.2) is 0 Å². The highest BCUT2D eigenvalue weighted by molar-refractivity contribution is 5.96. The molecule has 11 heavy (non-hydrogen) atoms. The monoisotopic (exact) mass is 152 g/mol. The van der Waals surface area contributed by atoms with Gasteiger partial charge < -0.3 is 5.32 Å². The molecule has 1 N–H and O–H groups in total. The van der Waals surface area contributed by atoms with Gasteiger partial charge in [0.2, 0.25) is 0 Å². The molecule has 0 fully saturated rings. The molecule has 0 aliphatic carbocycles. The van der Waals surface area contributed by atoms with Crippen molar-refractivity contribution >= 4 is 5.91 Å². The van der Waals surface area contributed by atoms with Gasteiger partial charge in [-0.05, 0) is 20.8 Å². The van der Waals surface area contributed by atoms with Gasteiger partial charge in [0.25, 0.3) is 5.91 Å². The molecule has 0 aromatic heterocycles. The van der Waals surface area contributed by atoms with Crippen molar-refractivity contribution < 1.29 is 4.79 Å². The van der Waals surface area contributed by atoms with Crippen LogP contribution in [0.3, 0.4) is 0 Å². The second kappa shape index (κ2) is 3.20. The van der Waals surface area contributed by atoms with Crippen molar-refractivity contribution in [3.63, 3.8) is 0 Å². The Morgan fingerprint density at radius 1 is 1.55 bits per heavy atom. The lowest BCUT2D eigenvalue weighted by Gasteiger charge is -2.19. The van der Waals surface area contributed by atoms with Crippen molar-refractivity contribution in [2.24, 2.45) is 0 Å². The van der Waals surface area contributed by atoms with E-state index in [2.05, 4.69) is 11.9 Å². The quantitative estimate of drug-likeness (QED) is 0.450. The van der Waals surface area contributed by atoms with Crippen LogP contribution in [0.5, 0.6) is 0 Å². The summed E-state index contributed by atoms with van der Waals surface area (Å²) in [6, 6.07) is 1.68. The first kappa shape index (κ1) is 9.70. The van der Waals surface area contributed by atoms with Crippen LogP contribution in [0.15, 0.2) is 12.2 Å². The Labute approximate surface area is 66.7 Å². The molecular weight excluding hydrogens is 140 g/mol. The van der Waals surface area contributed by atoms with Gasteiger partial charge in [-0.3, -0.25) is 4.79 Å². The average molecular weight is 152 g/mol. The fourth-order valence-electron chi connectivity index (χ4n) is 0.467. The Kier molecular flexibility index (Phi) is 2.82. The maximum absolute atomic E-state index is 11.0. The molecule has 0 aromatic carbocycles. The summed E-state index contributed by atoms with van der Waals surface area (Å²) in [6.45, 7) is 8.81. The summed E-state index contributed by atoms with van der Waals surface area (Å²) in [5.41, 5.74) is -0.364. The van der Waals surface area contributed by atoms with Crippen LogP contribution in [0.1, 0.15) is 20.8 Å². The van der Waals surface area contributed by atoms with Gasteiger partial charge in [-0.1, -0.05) is 6.58 Å². The molecule has 0 aliphatic rings. The second-order valence-electron chi connectivity index (χ2n) is 3.29. The molecule has 0 heterocycles. The number of carbonyl (C=O) groups excluding carboxylic acids is 1. The van der Waals surface area contributed by atoms with E-state index in [9.17, 15) is 4.79 Å². The molecule has 0 aromatic rings. The molecule has 0 saturated carbocycles. The van der Waals surface area contributed by atoms with Crippen LogP contribution >= 0.6 is 0 Å². The molecule has 0 aliphatic heterocycles. The van der Waals surface area contributed by atoms with E-state index in [0.717, 1.165) is 0 Å². The number of rotatable bonds is 1. The molecule has 0 saturated heterocycles. The lowest BCUT2D eigenvalue weighted by molar-refractivity contribution is -0.118. The zero-order valence-corrected chi connectivity index (χ0v) is 7.06. The molecule has 0 spiro atoms. The van der Waals surface area contributed by atoms with Gasteiger partial charge in [0.1, 0.15) is 11.6 Å². The fourth-order valence-corrected chi connectivity index (χ4v) is 0.467. The van der Waals surface area contributed by atoms with Gasteiger partial charge in [0.05, 0.1) is 0 Å². The minimum atomic E-state index is -0.403. The zero-order chi connectivity index (χ0) is 9.07. The van der Waals surface area contributed by atoms with Crippen molar-refractivity contribution in [1.29, 1.82) is 5.26 Å². The van der Waals surface area contributed by atoms with E-state index in [1.165, 1.54) is 0 Å². The van der Waals surface area contributed by atoms with E-state index in [1.807, 2.05) is 20.8 Å².